The summed E-state index contributed by atoms with van der Waals surface area (Å²) in [5.74, 6) is -3.14. The molecule has 1 amide bonds. The van der Waals surface area contributed by atoms with Gasteiger partial charge in [0.1, 0.15) is 5.75 Å². The van der Waals surface area contributed by atoms with E-state index in [1.165, 1.54) is 0 Å². The predicted molar refractivity (Wildman–Crippen MR) is 85.9 cm³/mol. The standard InChI is InChI=1S/C16H12ClNO6/c17-11-2-1-3-12(7-11)18-14(19)8-24-13-5-9(15(20)21)4-10(6-13)16(22)23/h1-7H,8H2,(H,18,19)(H,20,21)(H,22,23). The second kappa shape index (κ2) is 7.47. The Morgan fingerprint density at radius 3 is 2.17 bits per heavy atom. The third-order valence-electron chi connectivity index (χ3n) is 2.88. The molecule has 0 saturated heterocycles. The van der Waals surface area contributed by atoms with Crippen LogP contribution in [0.3, 0.4) is 0 Å². The molecule has 0 aliphatic heterocycles. The fourth-order valence-electron chi connectivity index (χ4n) is 1.84. The lowest BCUT2D eigenvalue weighted by Gasteiger charge is -2.09. The monoisotopic (exact) mass is 349 g/mol. The highest BCUT2D eigenvalue weighted by Gasteiger charge is 2.13. The Labute approximate surface area is 141 Å². The van der Waals surface area contributed by atoms with Gasteiger partial charge in [0.25, 0.3) is 5.91 Å². The molecule has 3 N–H and O–H groups in total. The molecule has 0 radical (unpaired) electrons. The van der Waals surface area contributed by atoms with Crippen molar-refractivity contribution in [3.63, 3.8) is 0 Å². The number of halogens is 1. The van der Waals surface area contributed by atoms with Gasteiger partial charge in [0, 0.05) is 10.7 Å². The van der Waals surface area contributed by atoms with Crippen LogP contribution in [-0.2, 0) is 4.79 Å². The zero-order valence-electron chi connectivity index (χ0n) is 12.2. The van der Waals surface area contributed by atoms with Gasteiger partial charge in [-0.3, -0.25) is 4.79 Å². The number of benzene rings is 2. The molecule has 7 nitrogen and oxygen atoms in total. The van der Waals surface area contributed by atoms with Crippen LogP contribution >= 0.6 is 11.6 Å². The molecule has 0 aliphatic carbocycles. The molecule has 0 spiro atoms. The lowest BCUT2D eigenvalue weighted by molar-refractivity contribution is -0.118. The molecule has 2 aromatic carbocycles. The molecule has 8 heteroatoms. The number of carbonyl (C=O) groups is 3. The van der Waals surface area contributed by atoms with E-state index in [0.29, 0.717) is 10.7 Å². The van der Waals surface area contributed by atoms with Crippen molar-refractivity contribution >= 4 is 35.1 Å². The topological polar surface area (TPSA) is 113 Å². The van der Waals surface area contributed by atoms with Crippen molar-refractivity contribution < 1.29 is 29.3 Å². The Morgan fingerprint density at radius 1 is 1.00 bits per heavy atom. The molecule has 0 bridgehead atoms. The molecule has 0 aliphatic rings. The maximum absolute atomic E-state index is 11.8. The van der Waals surface area contributed by atoms with Crippen molar-refractivity contribution in [1.29, 1.82) is 0 Å². The molecule has 24 heavy (non-hydrogen) atoms. The van der Waals surface area contributed by atoms with Gasteiger partial charge in [0.2, 0.25) is 0 Å². The van der Waals surface area contributed by atoms with Crippen molar-refractivity contribution in [2.45, 2.75) is 0 Å². The molecule has 2 aromatic rings. The largest absolute Gasteiger partial charge is 0.484 e. The Bertz CT molecular complexity index is 773. The smallest absolute Gasteiger partial charge is 0.335 e. The van der Waals surface area contributed by atoms with Crippen molar-refractivity contribution in [1.82, 2.24) is 0 Å². The number of carboxylic acid groups (broad SMARTS) is 2. The lowest BCUT2D eigenvalue weighted by Crippen LogP contribution is -2.20. The summed E-state index contributed by atoms with van der Waals surface area (Å²) in [4.78, 5) is 33.8. The molecular weight excluding hydrogens is 338 g/mol. The highest BCUT2D eigenvalue weighted by molar-refractivity contribution is 6.30. The van der Waals surface area contributed by atoms with Gasteiger partial charge in [-0.2, -0.15) is 0 Å². The Hall–Kier alpha value is -3.06. The van der Waals surface area contributed by atoms with Crippen molar-refractivity contribution in [2.24, 2.45) is 0 Å². The number of ether oxygens (including phenoxy) is 1. The molecule has 124 valence electrons. The first kappa shape index (κ1) is 17.3. The van der Waals surface area contributed by atoms with E-state index < -0.39 is 24.5 Å². The van der Waals surface area contributed by atoms with Gasteiger partial charge in [0.15, 0.2) is 6.61 Å². The predicted octanol–water partition coefficient (Wildman–Crippen LogP) is 2.75. The van der Waals surface area contributed by atoms with Gasteiger partial charge in [-0.15, -0.1) is 0 Å². The minimum atomic E-state index is -1.30. The van der Waals surface area contributed by atoms with E-state index in [4.69, 9.17) is 26.6 Å². The fourth-order valence-corrected chi connectivity index (χ4v) is 2.03. The third-order valence-corrected chi connectivity index (χ3v) is 3.11. The number of rotatable bonds is 6. The number of nitrogens with one attached hydrogen (secondary N) is 1. The van der Waals surface area contributed by atoms with E-state index >= 15 is 0 Å². The summed E-state index contributed by atoms with van der Waals surface area (Å²) in [7, 11) is 0. The summed E-state index contributed by atoms with van der Waals surface area (Å²) in [6, 6.07) is 9.78. The van der Waals surface area contributed by atoms with E-state index in [0.717, 1.165) is 18.2 Å². The SMILES string of the molecule is O=C(COc1cc(C(=O)O)cc(C(=O)O)c1)Nc1cccc(Cl)c1. The summed E-state index contributed by atoms with van der Waals surface area (Å²) < 4.78 is 5.18. The highest BCUT2D eigenvalue weighted by Crippen LogP contribution is 2.18. The number of hydrogen-bond acceptors (Lipinski definition) is 4. The average molecular weight is 350 g/mol. The van der Waals surface area contributed by atoms with E-state index in [9.17, 15) is 14.4 Å². The fraction of sp³-hybridized carbons (Fsp3) is 0.0625. The van der Waals surface area contributed by atoms with Crippen LogP contribution in [0, 0.1) is 0 Å². The Balaban J connectivity index is 2.06. The molecule has 0 aromatic heterocycles. The average Bonchev–Trinajstić information content (AvgIpc) is 2.52. The number of hydrogen-bond donors (Lipinski definition) is 3. The second-order valence-electron chi connectivity index (χ2n) is 4.70. The van der Waals surface area contributed by atoms with Crippen LogP contribution in [0.15, 0.2) is 42.5 Å². The first-order chi connectivity index (χ1) is 11.3. The molecule has 0 saturated carbocycles. The number of carboxylic acids is 2. The summed E-state index contributed by atoms with van der Waals surface area (Å²) in [5.41, 5.74) is -0.0260. The zero-order chi connectivity index (χ0) is 17.7. The molecule has 0 heterocycles. The van der Waals surface area contributed by atoms with Gasteiger partial charge in [-0.1, -0.05) is 17.7 Å². The Morgan fingerprint density at radius 2 is 1.62 bits per heavy atom. The third kappa shape index (κ3) is 4.72. The zero-order valence-corrected chi connectivity index (χ0v) is 12.9. The van der Waals surface area contributed by atoms with E-state index in [1.807, 2.05) is 0 Å². The van der Waals surface area contributed by atoms with Crippen LogP contribution in [0.5, 0.6) is 5.75 Å². The van der Waals surface area contributed by atoms with Crippen molar-refractivity contribution in [3.05, 3.63) is 58.6 Å². The summed E-state index contributed by atoms with van der Waals surface area (Å²) in [6.07, 6.45) is 0. The van der Waals surface area contributed by atoms with Gasteiger partial charge >= 0.3 is 11.9 Å². The second-order valence-corrected chi connectivity index (χ2v) is 5.14. The maximum Gasteiger partial charge on any atom is 0.335 e. The van der Waals surface area contributed by atoms with Gasteiger partial charge in [-0.05, 0) is 36.4 Å². The summed E-state index contributed by atoms with van der Waals surface area (Å²) >= 11 is 5.80. The molecule has 0 unspecified atom stereocenters. The van der Waals surface area contributed by atoms with Crippen LogP contribution in [0.1, 0.15) is 20.7 Å². The van der Waals surface area contributed by atoms with Gasteiger partial charge in [0.05, 0.1) is 11.1 Å². The number of aromatic carboxylic acids is 2. The number of amides is 1. The summed E-state index contributed by atoms with van der Waals surface area (Å²) in [5, 5.41) is 20.9. The minimum absolute atomic E-state index is 0.0338. The van der Waals surface area contributed by atoms with Gasteiger partial charge in [-0.25, -0.2) is 9.59 Å². The minimum Gasteiger partial charge on any atom is -0.484 e. The highest BCUT2D eigenvalue weighted by atomic mass is 35.5. The normalized spacial score (nSPS) is 10.0. The van der Waals surface area contributed by atoms with Gasteiger partial charge < -0.3 is 20.3 Å². The molecular formula is C16H12ClNO6. The first-order valence-electron chi connectivity index (χ1n) is 6.65. The van der Waals surface area contributed by atoms with Crippen LogP contribution in [-0.4, -0.2) is 34.7 Å². The van der Waals surface area contributed by atoms with Crippen molar-refractivity contribution in [3.8, 4) is 5.75 Å². The Kier molecular flexibility index (Phi) is 5.39. The van der Waals surface area contributed by atoms with Crippen LogP contribution in [0.2, 0.25) is 5.02 Å². The molecule has 0 atom stereocenters. The first-order valence-corrected chi connectivity index (χ1v) is 7.03. The number of carbonyl (C=O) groups excluding carboxylic acids is 1. The summed E-state index contributed by atoms with van der Waals surface area (Å²) in [6.45, 7) is -0.422. The lowest BCUT2D eigenvalue weighted by atomic mass is 10.1. The van der Waals surface area contributed by atoms with E-state index in [1.54, 1.807) is 24.3 Å². The number of anilines is 1. The molecule has 2 rings (SSSR count). The molecule has 0 fully saturated rings. The van der Waals surface area contributed by atoms with E-state index in [-0.39, 0.29) is 16.9 Å². The maximum atomic E-state index is 11.8. The quantitative estimate of drug-likeness (QED) is 0.739. The van der Waals surface area contributed by atoms with Crippen LogP contribution < -0.4 is 10.1 Å². The van der Waals surface area contributed by atoms with Crippen molar-refractivity contribution in [2.75, 3.05) is 11.9 Å². The van der Waals surface area contributed by atoms with E-state index in [2.05, 4.69) is 5.32 Å². The van der Waals surface area contributed by atoms with Crippen LogP contribution in [0.25, 0.3) is 0 Å². The van der Waals surface area contributed by atoms with Crippen LogP contribution in [0.4, 0.5) is 5.69 Å².